The molecule has 1 aliphatic carbocycles. The van der Waals surface area contributed by atoms with Crippen LogP contribution in [0.5, 0.6) is 0 Å². The van der Waals surface area contributed by atoms with E-state index in [0.717, 1.165) is 25.7 Å². The van der Waals surface area contributed by atoms with E-state index in [4.69, 9.17) is 0 Å². The molecule has 1 heterocycles. The predicted octanol–water partition coefficient (Wildman–Crippen LogP) is 0.156. The summed E-state index contributed by atoms with van der Waals surface area (Å²) in [5, 5.41) is 11.0. The van der Waals surface area contributed by atoms with E-state index in [9.17, 15) is 9.90 Å². The lowest BCUT2D eigenvalue weighted by atomic mass is 9.93. The van der Waals surface area contributed by atoms with Crippen LogP contribution in [0, 0.1) is 0 Å². The highest BCUT2D eigenvalue weighted by Gasteiger charge is 2.23. The molecule has 0 saturated carbocycles. The highest BCUT2D eigenvalue weighted by Crippen LogP contribution is 2.29. The topological polar surface area (TPSA) is 52.5 Å². The monoisotopic (exact) mass is 150 g/mol. The van der Waals surface area contributed by atoms with Gasteiger partial charge in [0.05, 0.1) is 0 Å². The summed E-state index contributed by atoms with van der Waals surface area (Å²) in [6, 6.07) is 0. The zero-order valence-electron chi connectivity index (χ0n) is 6.09. The Kier molecular flexibility index (Phi) is 1.31. The van der Waals surface area contributed by atoms with Crippen LogP contribution in [0.15, 0.2) is 16.1 Å². The normalized spacial score (nSPS) is 23.6. The molecule has 0 unspecified atom stereocenters. The predicted molar refractivity (Wildman–Crippen MR) is 37.9 cm³/mol. The van der Waals surface area contributed by atoms with Crippen LogP contribution < -0.4 is 5.11 Å². The molecule has 3 nitrogen and oxygen atoms in total. The number of hydrogen-bond donors (Lipinski definition) is 0. The Hall–Kier alpha value is -1.12. The van der Waals surface area contributed by atoms with Gasteiger partial charge in [0.25, 0.3) is 5.91 Å². The molecule has 0 spiro atoms. The number of carbonyl (C=O) groups excluding carboxylic acids is 1. The minimum Gasteiger partial charge on any atom is -0.858 e. The van der Waals surface area contributed by atoms with Crippen LogP contribution in [-0.4, -0.2) is 11.8 Å². The van der Waals surface area contributed by atoms with Crippen LogP contribution in [0.25, 0.3) is 0 Å². The number of amides is 1. The fraction of sp³-hybridized carbons (Fsp3) is 0.500. The third-order valence-electron chi connectivity index (χ3n) is 2.19. The minimum atomic E-state index is -0.287. The molecule has 2 aliphatic rings. The zero-order chi connectivity index (χ0) is 7.84. The van der Waals surface area contributed by atoms with Gasteiger partial charge in [-0.25, -0.2) is 4.99 Å². The van der Waals surface area contributed by atoms with Crippen LogP contribution >= 0.6 is 0 Å². The second kappa shape index (κ2) is 2.19. The van der Waals surface area contributed by atoms with E-state index in [-0.39, 0.29) is 11.8 Å². The molecule has 0 aromatic rings. The van der Waals surface area contributed by atoms with Crippen LogP contribution in [0.1, 0.15) is 25.7 Å². The van der Waals surface area contributed by atoms with Crippen molar-refractivity contribution in [2.24, 2.45) is 4.99 Å². The summed E-state index contributed by atoms with van der Waals surface area (Å²) in [7, 11) is 0. The maximum Gasteiger partial charge on any atom is 0.272 e. The molecule has 0 radical (unpaired) electrons. The van der Waals surface area contributed by atoms with Crippen molar-refractivity contribution in [3.63, 3.8) is 0 Å². The summed E-state index contributed by atoms with van der Waals surface area (Å²) in [6.45, 7) is 0. The van der Waals surface area contributed by atoms with Crippen molar-refractivity contribution in [1.29, 1.82) is 0 Å². The third kappa shape index (κ3) is 0.878. The summed E-state index contributed by atoms with van der Waals surface area (Å²) in [5.41, 5.74) is 1.36. The Morgan fingerprint density at radius 3 is 2.45 bits per heavy atom. The van der Waals surface area contributed by atoms with Gasteiger partial charge in [-0.2, -0.15) is 0 Å². The maximum absolute atomic E-state index is 11.0. The van der Waals surface area contributed by atoms with E-state index in [1.807, 2.05) is 0 Å². The largest absolute Gasteiger partial charge is 0.858 e. The summed E-state index contributed by atoms with van der Waals surface area (Å²) in [6.07, 6.45) is 3.55. The molecule has 0 bridgehead atoms. The Labute approximate surface area is 64.4 Å². The van der Waals surface area contributed by atoms with Crippen molar-refractivity contribution in [2.75, 3.05) is 0 Å². The Morgan fingerprint density at radius 2 is 1.82 bits per heavy atom. The number of nitrogens with zero attached hydrogens (tertiary/aromatic N) is 1. The molecule has 0 aromatic carbocycles. The molecule has 58 valence electrons. The summed E-state index contributed by atoms with van der Waals surface area (Å²) in [5.74, 6) is -0.575. The standard InChI is InChI=1S/C8H9NO2/c10-7-5-3-1-2-4-6(5)8(11)9-7/h1-4H2,(H,9,10,11)/p-1. The first-order valence-electron chi connectivity index (χ1n) is 3.81. The van der Waals surface area contributed by atoms with Gasteiger partial charge in [-0.15, -0.1) is 0 Å². The maximum atomic E-state index is 11.0. The minimum absolute atomic E-state index is 0.287. The van der Waals surface area contributed by atoms with E-state index < -0.39 is 0 Å². The van der Waals surface area contributed by atoms with Gasteiger partial charge < -0.3 is 5.11 Å². The van der Waals surface area contributed by atoms with Crippen molar-refractivity contribution in [1.82, 2.24) is 0 Å². The van der Waals surface area contributed by atoms with E-state index in [1.54, 1.807) is 0 Å². The van der Waals surface area contributed by atoms with Crippen molar-refractivity contribution >= 4 is 11.8 Å². The molecule has 0 atom stereocenters. The van der Waals surface area contributed by atoms with Crippen molar-refractivity contribution in [3.05, 3.63) is 11.1 Å². The molecular formula is C8H8NO2-. The summed E-state index contributed by atoms with van der Waals surface area (Å²) >= 11 is 0. The van der Waals surface area contributed by atoms with Crippen LogP contribution in [0.2, 0.25) is 0 Å². The first kappa shape index (κ1) is 6.58. The molecular weight excluding hydrogens is 142 g/mol. The second-order valence-corrected chi connectivity index (χ2v) is 2.89. The zero-order valence-corrected chi connectivity index (χ0v) is 6.09. The van der Waals surface area contributed by atoms with Gasteiger partial charge in [0.2, 0.25) is 0 Å². The van der Waals surface area contributed by atoms with E-state index in [2.05, 4.69) is 4.99 Å². The third-order valence-corrected chi connectivity index (χ3v) is 2.19. The number of hydrogen-bond acceptors (Lipinski definition) is 2. The van der Waals surface area contributed by atoms with Crippen molar-refractivity contribution in [3.8, 4) is 0 Å². The quantitative estimate of drug-likeness (QED) is 0.493. The average Bonchev–Trinajstić information content (AvgIpc) is 2.30. The Morgan fingerprint density at radius 1 is 1.18 bits per heavy atom. The molecule has 0 saturated heterocycles. The van der Waals surface area contributed by atoms with Crippen molar-refractivity contribution < 1.29 is 9.90 Å². The van der Waals surface area contributed by atoms with Crippen LogP contribution in [0.3, 0.4) is 0 Å². The average molecular weight is 150 g/mol. The lowest BCUT2D eigenvalue weighted by Gasteiger charge is -2.15. The number of rotatable bonds is 0. The fourth-order valence-corrected chi connectivity index (χ4v) is 1.60. The highest BCUT2D eigenvalue weighted by molar-refractivity contribution is 6.15. The van der Waals surface area contributed by atoms with Crippen LogP contribution in [0.4, 0.5) is 0 Å². The lowest BCUT2D eigenvalue weighted by molar-refractivity contribution is -0.213. The SMILES string of the molecule is O=C1N=C([O-])C2=C1CCCC2. The number of carbonyl (C=O) groups is 1. The fourth-order valence-electron chi connectivity index (χ4n) is 1.60. The molecule has 2 rings (SSSR count). The molecule has 3 heteroatoms. The molecule has 1 aliphatic heterocycles. The van der Waals surface area contributed by atoms with Gasteiger partial charge >= 0.3 is 0 Å². The summed E-state index contributed by atoms with van der Waals surface area (Å²) in [4.78, 5) is 14.4. The lowest BCUT2D eigenvalue weighted by Crippen LogP contribution is -2.19. The molecule has 0 fully saturated rings. The smallest absolute Gasteiger partial charge is 0.272 e. The van der Waals surface area contributed by atoms with E-state index in [0.29, 0.717) is 11.1 Å². The van der Waals surface area contributed by atoms with Gasteiger partial charge in [0.1, 0.15) is 0 Å². The first-order chi connectivity index (χ1) is 5.29. The highest BCUT2D eigenvalue weighted by atomic mass is 16.3. The molecule has 11 heavy (non-hydrogen) atoms. The summed E-state index contributed by atoms with van der Waals surface area (Å²) < 4.78 is 0. The number of aliphatic imine (C=N–C) groups is 1. The second-order valence-electron chi connectivity index (χ2n) is 2.89. The van der Waals surface area contributed by atoms with E-state index in [1.165, 1.54) is 0 Å². The van der Waals surface area contributed by atoms with Gasteiger partial charge in [-0.3, -0.25) is 4.79 Å². The van der Waals surface area contributed by atoms with Gasteiger partial charge in [0, 0.05) is 5.57 Å². The van der Waals surface area contributed by atoms with Gasteiger partial charge in [-0.05, 0) is 37.2 Å². The first-order valence-corrected chi connectivity index (χ1v) is 3.81. The molecule has 0 N–H and O–H groups in total. The Bertz CT molecular complexity index is 276. The van der Waals surface area contributed by atoms with Crippen molar-refractivity contribution in [2.45, 2.75) is 25.7 Å². The van der Waals surface area contributed by atoms with E-state index >= 15 is 0 Å². The van der Waals surface area contributed by atoms with Crippen LogP contribution in [-0.2, 0) is 4.79 Å². The molecule has 0 aromatic heterocycles. The Balaban J connectivity index is 2.41. The van der Waals surface area contributed by atoms with Gasteiger partial charge in [0.15, 0.2) is 0 Å². The molecule has 1 amide bonds. The van der Waals surface area contributed by atoms with Gasteiger partial charge in [-0.1, -0.05) is 0 Å².